The number of rotatable bonds is 5. The van der Waals surface area contributed by atoms with E-state index in [2.05, 4.69) is 26.0 Å². The summed E-state index contributed by atoms with van der Waals surface area (Å²) >= 11 is 9.19. The van der Waals surface area contributed by atoms with Crippen molar-refractivity contribution in [2.24, 2.45) is 0 Å². The first-order valence-electron chi connectivity index (χ1n) is 9.13. The molecule has 0 spiro atoms. The number of amides is 1. The quantitative estimate of drug-likeness (QED) is 0.491. The maximum Gasteiger partial charge on any atom is 0.410 e. The average Bonchev–Trinajstić information content (AvgIpc) is 2.66. The highest BCUT2D eigenvalue weighted by molar-refractivity contribution is 9.10. The highest BCUT2D eigenvalue weighted by Gasteiger charge is 2.28. The number of hydrogen-bond acceptors (Lipinski definition) is 6. The van der Waals surface area contributed by atoms with E-state index in [1.165, 1.54) is 7.11 Å². The summed E-state index contributed by atoms with van der Waals surface area (Å²) in [4.78, 5) is 25.8. The molecule has 1 aliphatic heterocycles. The van der Waals surface area contributed by atoms with E-state index in [1.54, 1.807) is 4.90 Å². The summed E-state index contributed by atoms with van der Waals surface area (Å²) in [6.45, 7) is 7.30. The standard InChI is InChI=1S/C19H25BrClFN2O5/c1-19(2,3)29-18(26)24-7-6-23-11(10-24)5-8-28-16-12(17(25)27-4)9-13(22)14(20)15(16)21/h9,11,23H,5-8,10H2,1-4H3. The molecule has 1 unspecified atom stereocenters. The van der Waals surface area contributed by atoms with Gasteiger partial charge in [-0.2, -0.15) is 0 Å². The monoisotopic (exact) mass is 494 g/mol. The molecule has 0 bridgehead atoms. The number of esters is 1. The number of hydrogen-bond donors (Lipinski definition) is 1. The van der Waals surface area contributed by atoms with E-state index in [9.17, 15) is 14.0 Å². The van der Waals surface area contributed by atoms with Gasteiger partial charge in [0.1, 0.15) is 22.0 Å². The zero-order valence-corrected chi connectivity index (χ0v) is 19.2. The van der Waals surface area contributed by atoms with E-state index < -0.39 is 17.4 Å². The second-order valence-electron chi connectivity index (χ2n) is 7.57. The normalized spacial score (nSPS) is 17.1. The minimum absolute atomic E-state index is 0.00807. The molecule has 1 aliphatic rings. The summed E-state index contributed by atoms with van der Waals surface area (Å²) < 4.78 is 29.7. The fraction of sp³-hybridized carbons (Fsp3) is 0.579. The van der Waals surface area contributed by atoms with E-state index in [-0.39, 0.29) is 39.6 Å². The van der Waals surface area contributed by atoms with E-state index in [0.29, 0.717) is 26.1 Å². The van der Waals surface area contributed by atoms with Crippen LogP contribution in [0.1, 0.15) is 37.6 Å². The molecule has 0 saturated carbocycles. The van der Waals surface area contributed by atoms with Gasteiger partial charge in [-0.1, -0.05) is 11.6 Å². The number of nitrogens with one attached hydrogen (secondary N) is 1. The number of carbonyl (C=O) groups is 2. The van der Waals surface area contributed by atoms with Gasteiger partial charge in [-0.25, -0.2) is 14.0 Å². The summed E-state index contributed by atoms with van der Waals surface area (Å²) in [5.74, 6) is -1.39. The minimum Gasteiger partial charge on any atom is -0.491 e. The Kier molecular flexibility index (Phi) is 8.13. The van der Waals surface area contributed by atoms with E-state index >= 15 is 0 Å². The predicted octanol–water partition coefficient (Wildman–Crippen LogP) is 4.01. The van der Waals surface area contributed by atoms with Crippen molar-refractivity contribution in [1.82, 2.24) is 10.2 Å². The molecule has 0 aromatic heterocycles. The zero-order chi connectivity index (χ0) is 21.8. The molecular formula is C19H25BrClFN2O5. The van der Waals surface area contributed by atoms with Crippen molar-refractivity contribution in [3.8, 4) is 5.75 Å². The number of carbonyl (C=O) groups excluding carboxylic acids is 2. The van der Waals surface area contributed by atoms with Crippen LogP contribution < -0.4 is 10.1 Å². The van der Waals surface area contributed by atoms with Gasteiger partial charge in [-0.15, -0.1) is 0 Å². The van der Waals surface area contributed by atoms with Crippen LogP contribution in [0.25, 0.3) is 0 Å². The molecule has 10 heteroatoms. The Balaban J connectivity index is 2.00. The van der Waals surface area contributed by atoms with Gasteiger partial charge in [-0.3, -0.25) is 0 Å². The fourth-order valence-corrected chi connectivity index (χ4v) is 3.34. The number of halogens is 3. The van der Waals surface area contributed by atoms with Crippen molar-refractivity contribution in [2.75, 3.05) is 33.4 Å². The van der Waals surface area contributed by atoms with E-state index in [4.69, 9.17) is 21.1 Å². The third-order valence-corrected chi connectivity index (χ3v) is 5.51. The average molecular weight is 496 g/mol. The first-order chi connectivity index (χ1) is 13.5. The second-order valence-corrected chi connectivity index (χ2v) is 8.74. The lowest BCUT2D eigenvalue weighted by molar-refractivity contribution is 0.0187. The molecule has 1 aromatic rings. The van der Waals surface area contributed by atoms with Crippen molar-refractivity contribution in [3.05, 3.63) is 26.9 Å². The van der Waals surface area contributed by atoms with Crippen molar-refractivity contribution < 1.29 is 28.2 Å². The van der Waals surface area contributed by atoms with Gasteiger partial charge in [0.25, 0.3) is 0 Å². The van der Waals surface area contributed by atoms with Crippen LogP contribution in [-0.4, -0.2) is 62.0 Å². The molecule has 1 aromatic carbocycles. The van der Waals surface area contributed by atoms with Crippen LogP contribution in [0, 0.1) is 5.82 Å². The molecule has 29 heavy (non-hydrogen) atoms. The van der Waals surface area contributed by atoms with Gasteiger partial charge in [0.05, 0.1) is 18.2 Å². The number of piperazine rings is 1. The van der Waals surface area contributed by atoms with Crippen molar-refractivity contribution >= 4 is 39.6 Å². The first kappa shape index (κ1) is 23.7. The molecule has 0 aliphatic carbocycles. The van der Waals surface area contributed by atoms with Gasteiger partial charge in [0.2, 0.25) is 0 Å². The molecule has 1 heterocycles. The number of nitrogens with zero attached hydrogens (tertiary/aromatic N) is 1. The van der Waals surface area contributed by atoms with Crippen LogP contribution in [0.2, 0.25) is 5.02 Å². The Morgan fingerprint density at radius 3 is 2.72 bits per heavy atom. The first-order valence-corrected chi connectivity index (χ1v) is 10.3. The van der Waals surface area contributed by atoms with Gasteiger partial charge < -0.3 is 24.4 Å². The molecule has 7 nitrogen and oxygen atoms in total. The molecule has 0 radical (unpaired) electrons. The smallest absolute Gasteiger partial charge is 0.410 e. The largest absolute Gasteiger partial charge is 0.491 e. The number of methoxy groups -OCH3 is 1. The van der Waals surface area contributed by atoms with E-state index in [0.717, 1.165) is 6.07 Å². The summed E-state index contributed by atoms with van der Waals surface area (Å²) in [7, 11) is 1.19. The maximum atomic E-state index is 13.9. The third-order valence-electron chi connectivity index (χ3n) is 4.14. The lowest BCUT2D eigenvalue weighted by atomic mass is 10.1. The second kappa shape index (κ2) is 9.95. The molecule has 1 fully saturated rings. The van der Waals surface area contributed by atoms with Gasteiger partial charge in [0, 0.05) is 25.7 Å². The van der Waals surface area contributed by atoms with Crippen LogP contribution in [-0.2, 0) is 9.47 Å². The number of ether oxygens (including phenoxy) is 3. The maximum absolute atomic E-state index is 13.9. The van der Waals surface area contributed by atoms with Gasteiger partial charge in [0.15, 0.2) is 5.75 Å². The Morgan fingerprint density at radius 1 is 1.41 bits per heavy atom. The Morgan fingerprint density at radius 2 is 2.10 bits per heavy atom. The van der Waals surface area contributed by atoms with Crippen LogP contribution in [0.4, 0.5) is 9.18 Å². The van der Waals surface area contributed by atoms with Crippen LogP contribution >= 0.6 is 27.5 Å². The van der Waals surface area contributed by atoms with E-state index in [1.807, 2.05) is 20.8 Å². The van der Waals surface area contributed by atoms with Gasteiger partial charge >= 0.3 is 12.1 Å². The SMILES string of the molecule is COC(=O)c1cc(F)c(Br)c(Cl)c1OCCC1CN(C(=O)OC(C)(C)C)CCN1. The molecule has 2 rings (SSSR count). The number of benzene rings is 1. The van der Waals surface area contributed by atoms with Crippen molar-refractivity contribution in [2.45, 2.75) is 38.8 Å². The summed E-state index contributed by atoms with van der Waals surface area (Å²) in [6.07, 6.45) is 0.175. The topological polar surface area (TPSA) is 77.1 Å². The Labute approximate surface area is 182 Å². The lowest BCUT2D eigenvalue weighted by Crippen LogP contribution is -2.53. The fourth-order valence-electron chi connectivity index (χ4n) is 2.80. The Bertz CT molecular complexity index is 772. The molecule has 1 atom stereocenters. The molecule has 1 saturated heterocycles. The summed E-state index contributed by atoms with van der Waals surface area (Å²) in [6, 6.07) is 0.987. The summed E-state index contributed by atoms with van der Waals surface area (Å²) in [5, 5.41) is 3.27. The van der Waals surface area contributed by atoms with Crippen molar-refractivity contribution in [1.29, 1.82) is 0 Å². The molecule has 1 amide bonds. The van der Waals surface area contributed by atoms with Crippen LogP contribution in [0.5, 0.6) is 5.75 Å². The zero-order valence-electron chi connectivity index (χ0n) is 16.8. The van der Waals surface area contributed by atoms with Crippen LogP contribution in [0.15, 0.2) is 10.5 Å². The van der Waals surface area contributed by atoms with Crippen LogP contribution in [0.3, 0.4) is 0 Å². The third kappa shape index (κ3) is 6.45. The molecular weight excluding hydrogens is 471 g/mol. The van der Waals surface area contributed by atoms with Crippen molar-refractivity contribution in [3.63, 3.8) is 0 Å². The molecule has 1 N–H and O–H groups in total. The lowest BCUT2D eigenvalue weighted by Gasteiger charge is -2.34. The minimum atomic E-state index is -0.750. The highest BCUT2D eigenvalue weighted by atomic mass is 79.9. The Hall–Kier alpha value is -1.58. The predicted molar refractivity (Wildman–Crippen MR) is 110 cm³/mol. The summed E-state index contributed by atoms with van der Waals surface area (Å²) in [5.41, 5.74) is -0.650. The molecule has 162 valence electrons. The highest BCUT2D eigenvalue weighted by Crippen LogP contribution is 2.38. The van der Waals surface area contributed by atoms with Gasteiger partial charge in [-0.05, 0) is 49.2 Å².